The lowest BCUT2D eigenvalue weighted by atomic mass is 9.87. The Morgan fingerprint density at radius 3 is 2.13 bits per heavy atom. The van der Waals surface area contributed by atoms with Crippen LogP contribution in [0.5, 0.6) is 0 Å². The van der Waals surface area contributed by atoms with Crippen molar-refractivity contribution in [3.05, 3.63) is 165 Å². The monoisotopic (exact) mass is 1770 g/mol. The van der Waals surface area contributed by atoms with Gasteiger partial charge in [0.2, 0.25) is 29.6 Å². The predicted molar refractivity (Wildman–Crippen MR) is 473 cm³/mol. The fourth-order valence-corrected chi connectivity index (χ4v) is 15.3. The van der Waals surface area contributed by atoms with Gasteiger partial charge < -0.3 is 88.1 Å². The molecule has 15 atom stereocenters. The zero-order valence-electron chi connectivity index (χ0n) is 73.8. The number of esters is 1. The zero-order chi connectivity index (χ0) is 93.3. The number of aliphatic hydroxyl groups is 1. The maximum absolute atomic E-state index is 13.2. The van der Waals surface area contributed by atoms with Gasteiger partial charge in [-0.25, -0.2) is 38.6 Å². The summed E-state index contributed by atoms with van der Waals surface area (Å²) in [5.74, 6) is -7.38. The molecule has 4 aliphatic rings. The lowest BCUT2D eigenvalue weighted by molar-refractivity contribution is -0.145. The molecule has 2 aromatic carbocycles. The highest BCUT2D eigenvalue weighted by Crippen LogP contribution is 2.53. The first kappa shape index (κ1) is 101. The maximum atomic E-state index is 13.2. The number of ketones is 1. The summed E-state index contributed by atoms with van der Waals surface area (Å²) in [7, 11) is 0. The summed E-state index contributed by atoms with van der Waals surface area (Å²) in [5.41, 5.74) is 16.6. The van der Waals surface area contributed by atoms with Crippen molar-refractivity contribution in [1.82, 2.24) is 61.5 Å². The molecule has 0 radical (unpaired) electrons. The third-order valence-electron chi connectivity index (χ3n) is 22.9. The highest BCUT2D eigenvalue weighted by molar-refractivity contribution is 5.98. The number of hydrogen-bond acceptors (Lipinski definition) is 25. The summed E-state index contributed by atoms with van der Waals surface area (Å²) in [6.45, 7) is 18.2. The number of nitrogens with two attached hydrogens (primary N) is 2. The summed E-state index contributed by atoms with van der Waals surface area (Å²) in [6, 6.07) is 8.68. The van der Waals surface area contributed by atoms with Crippen molar-refractivity contribution in [3.8, 4) is 0 Å². The third kappa shape index (κ3) is 33.2. The van der Waals surface area contributed by atoms with Gasteiger partial charge in [0.25, 0.3) is 11.5 Å². The van der Waals surface area contributed by atoms with Gasteiger partial charge >= 0.3 is 36.1 Å². The minimum atomic E-state index is -1.48. The number of carbonyl (C=O) groups excluding carboxylic acids is 9. The van der Waals surface area contributed by atoms with E-state index in [0.717, 1.165) is 54.6 Å². The van der Waals surface area contributed by atoms with Crippen LogP contribution in [0.1, 0.15) is 198 Å². The number of cyclic esters (lactones) is 1. The number of benzene rings is 2. The molecular weight excluding hydrogens is 1650 g/mol. The summed E-state index contributed by atoms with van der Waals surface area (Å²) in [5, 5.41) is 68.3. The van der Waals surface area contributed by atoms with Crippen molar-refractivity contribution in [1.29, 1.82) is 0 Å². The molecule has 37 heteroatoms. The third-order valence-corrected chi connectivity index (χ3v) is 22.9. The van der Waals surface area contributed by atoms with Gasteiger partial charge in [-0.2, -0.15) is 4.98 Å². The molecule has 9 rings (SSSR count). The van der Waals surface area contributed by atoms with E-state index in [9.17, 15) is 82.8 Å². The number of nitrogen functional groups attached to an aromatic ring is 1. The average molecular weight is 1780 g/mol. The van der Waals surface area contributed by atoms with Crippen LogP contribution in [0.15, 0.2) is 131 Å². The summed E-state index contributed by atoms with van der Waals surface area (Å²) < 4.78 is 24.6. The van der Waals surface area contributed by atoms with Crippen LogP contribution in [0, 0.1) is 41.4 Å². The molecule has 128 heavy (non-hydrogen) atoms. The second-order valence-electron chi connectivity index (χ2n) is 33.5. The lowest BCUT2D eigenvalue weighted by Gasteiger charge is -2.39. The number of aliphatic carboxylic acids is 3. The van der Waals surface area contributed by atoms with Crippen molar-refractivity contribution in [2.75, 3.05) is 23.0 Å². The van der Waals surface area contributed by atoms with E-state index in [1.807, 2.05) is 97.1 Å². The highest BCUT2D eigenvalue weighted by atomic mass is 16.6. The van der Waals surface area contributed by atoms with Gasteiger partial charge in [0.1, 0.15) is 36.6 Å². The number of allylic oxidation sites excluding steroid dienone is 7. The van der Waals surface area contributed by atoms with Crippen molar-refractivity contribution in [3.63, 3.8) is 0 Å². The molecule has 2 fully saturated rings. The quantitative estimate of drug-likeness (QED) is 0.00568. The molecule has 16 N–H and O–H groups in total. The molecule has 1 saturated carbocycles. The van der Waals surface area contributed by atoms with Gasteiger partial charge in [0.05, 0.1) is 66.7 Å². The first-order chi connectivity index (χ1) is 61.0. The Morgan fingerprint density at radius 2 is 1.45 bits per heavy atom. The molecule has 2 aliphatic heterocycles. The van der Waals surface area contributed by atoms with E-state index in [4.69, 9.17) is 30.4 Å². The molecule has 5 heterocycles. The molecule has 1 saturated heterocycles. The Hall–Kier alpha value is -12.8. The number of carbonyl (C=O) groups is 12. The molecule has 7 amide bonds. The van der Waals surface area contributed by atoms with Gasteiger partial charge in [-0.3, -0.25) is 43.3 Å². The number of aliphatic hydroxyl groups excluding tert-OH is 1. The van der Waals surface area contributed by atoms with E-state index in [1.165, 1.54) is 31.3 Å². The number of nitrogens with one attached hydrogen (secondary N) is 8. The van der Waals surface area contributed by atoms with Crippen LogP contribution in [0.4, 0.5) is 26.9 Å². The van der Waals surface area contributed by atoms with Crippen molar-refractivity contribution >= 4 is 99.9 Å². The topological polar surface area (TPSA) is 561 Å². The second-order valence-corrected chi connectivity index (χ2v) is 33.5. The molecular formula is C91H122N16O21. The number of nitrogens with zero attached hydrogens (tertiary/aromatic N) is 6. The van der Waals surface area contributed by atoms with Gasteiger partial charge in [-0.15, -0.1) is 5.10 Å². The number of aryl methyl sites for hydroxylation is 2. The molecule has 692 valence electrons. The fraction of sp³-hybridized carbons (Fsp3) is 0.516. The Bertz CT molecular complexity index is 4940. The van der Waals surface area contributed by atoms with Crippen molar-refractivity contribution < 1.29 is 96.9 Å². The van der Waals surface area contributed by atoms with Crippen LogP contribution in [-0.4, -0.2) is 188 Å². The van der Waals surface area contributed by atoms with Crippen LogP contribution in [0.3, 0.4) is 0 Å². The molecule has 37 nitrogen and oxygen atoms in total. The minimum Gasteiger partial charge on any atom is -0.481 e. The maximum Gasteiger partial charge on any atom is 0.408 e. The number of alkyl carbamates (subject to hydrolysis) is 2. The van der Waals surface area contributed by atoms with E-state index >= 15 is 0 Å². The molecule has 0 unspecified atom stereocenters. The fourth-order valence-electron chi connectivity index (χ4n) is 15.3. The number of Topliss-reactive ketones (excluding diaryl/α,β-unsaturated/α-hetero) is 1. The number of ether oxygens (including phenoxy) is 4. The van der Waals surface area contributed by atoms with Crippen LogP contribution >= 0.6 is 0 Å². The first-order valence-electron chi connectivity index (χ1n) is 43.4. The van der Waals surface area contributed by atoms with Crippen LogP contribution < -0.4 is 54.2 Å². The summed E-state index contributed by atoms with van der Waals surface area (Å²) in [4.78, 5) is 174. The largest absolute Gasteiger partial charge is 0.481 e. The first-order valence-corrected chi connectivity index (χ1v) is 43.4. The summed E-state index contributed by atoms with van der Waals surface area (Å²) in [6.07, 6.45) is 22.6. The zero-order valence-corrected chi connectivity index (χ0v) is 73.8. The number of unbranched alkanes of at least 4 members (excludes halogenated alkanes) is 1. The van der Waals surface area contributed by atoms with Gasteiger partial charge in [0, 0.05) is 87.0 Å². The molecule has 3 aromatic heterocycles. The number of hydrogen-bond donors (Lipinski definition) is 14. The number of carboxylic acid groups (broad SMARTS) is 3. The van der Waals surface area contributed by atoms with E-state index in [1.54, 1.807) is 41.1 Å². The Morgan fingerprint density at radius 1 is 0.758 bits per heavy atom. The van der Waals surface area contributed by atoms with E-state index in [2.05, 4.69) is 80.5 Å². The SMILES string of the molecule is C/C=C/[C@@H]1O[C@H]([C@@H](/C=C/C=C(\C)C[C@@H](C)/C=C(C)\C=C\[C@H]2CC=CC(=O)O2)NC(=O)OCc2ccc(NC(=O)[C@H](CCCCC(N)=O)NC(C)=O)cc2)C[C@@H](O)[C@@H]1C.CC(C)[C@@H](C)NC(=O)OC[C@@H]1[C@@H]2CCc3nnn(CCC[C@H](NC(=O)CC[C@H](CC(=O)CC[C@H](NC(=O)c4ccc(NCc5cnc6nc(N)[nH]c(=O)c6n5)cc4)C(=O)O)C(=O)O)C(=O)O)c3CC[C@@H]21. The molecule has 5 aromatic rings. The van der Waals surface area contributed by atoms with Crippen LogP contribution in [0.2, 0.25) is 0 Å². The number of amides is 7. The van der Waals surface area contributed by atoms with Crippen molar-refractivity contribution in [2.45, 2.75) is 252 Å². The number of aromatic nitrogens is 7. The smallest absolute Gasteiger partial charge is 0.408 e. The number of H-pyrrole nitrogens is 1. The highest BCUT2D eigenvalue weighted by Gasteiger charge is 2.50. The molecule has 0 bridgehead atoms. The summed E-state index contributed by atoms with van der Waals surface area (Å²) >= 11 is 0. The molecule has 0 spiro atoms. The molecule has 2 aliphatic carbocycles. The Kier molecular flexibility index (Phi) is 39.2. The van der Waals surface area contributed by atoms with E-state index in [0.29, 0.717) is 98.0 Å². The lowest BCUT2D eigenvalue weighted by Crippen LogP contribution is -2.51. The number of fused-ring (bicyclic) bond motifs is 3. The average Bonchev–Trinajstić information content (AvgIpc) is 1.61. The minimum absolute atomic E-state index is 0.00679. The number of primary amides is 1. The van der Waals surface area contributed by atoms with Gasteiger partial charge in [-0.1, -0.05) is 111 Å². The number of anilines is 3. The Labute approximate surface area is 742 Å². The van der Waals surface area contributed by atoms with Gasteiger partial charge in [-0.05, 0) is 176 Å². The standard InChI is InChI=1S/C46H60N12O12.C45H62N4O9/c1-23(2)24(3)50-46(69)70-22-32-30-12-15-33-36(16-13-31(30)32)58(57-56-33)18-4-5-34(43(65)66)52-37(60)17-8-26(42(63)64)19-29(59)11-14-35(44(67)68)53-40(61)25-6-9-27(10-7-25)48-20-28-21-49-39-38(51-28)41(62)55-45(47)54-39;1-7-12-40-32(5)39(51)27-41(58-40)37(16-10-13-29(2)25-31(4)26-30(3)19-24-36-14-11-18-43(53)57-36)49-45(55)56-28-34-20-22-35(23-21-34)48-44(54)38(47-33(6)50)15-8-9-17-42(46)52/h6-7,9-10,21,23-24,26,30-32,34-35,48H,4-5,8,11-20,22H2,1-3H3,(H,50,69)(H,52,60)(H,53,61)(H,63,64)(H,65,66)(H,67,68)(H3,47,49,54,55,62);7,10-13,16,18-24,26,31-32,36-41,51H,8-9,14-15,17,25,27-28H2,1-6H3,(H2,46,52)(H,47,50)(H,48,54)(H,49,55)/b;12-7+,16-10+,24-19+,29-13+,30-26-/t24-,26-,30-,31+,32-,34+,35+;31-,32+,36-,37-,38+,39-,40+,41+/m11/s1. The van der Waals surface area contributed by atoms with Crippen LogP contribution in [0.25, 0.3) is 11.2 Å². The Balaban J connectivity index is 0.000000323. The van der Waals surface area contributed by atoms with Crippen molar-refractivity contribution in [2.24, 2.45) is 47.2 Å². The number of rotatable bonds is 45. The number of carboxylic acids is 3. The second kappa shape index (κ2) is 49.9. The normalized spacial score (nSPS) is 20.2. The van der Waals surface area contributed by atoms with Gasteiger partial charge in [0.15, 0.2) is 11.2 Å². The van der Waals surface area contributed by atoms with E-state index < -0.39 is 114 Å². The van der Waals surface area contributed by atoms with Crippen LogP contribution in [-0.2, 0) is 94.6 Å². The van der Waals surface area contributed by atoms with E-state index in [-0.39, 0.29) is 116 Å². The number of aromatic amines is 1. The predicted octanol–water partition coefficient (Wildman–Crippen LogP) is 8.87.